The van der Waals surface area contributed by atoms with Gasteiger partial charge in [-0.05, 0) is 66.7 Å². The summed E-state index contributed by atoms with van der Waals surface area (Å²) in [5.41, 5.74) is 0.239. The largest absolute Gasteiger partial charge is 0.491 e. The van der Waals surface area contributed by atoms with Crippen molar-refractivity contribution in [1.29, 1.82) is 0 Å². The smallest absolute Gasteiger partial charge is 0.339 e. The van der Waals surface area contributed by atoms with E-state index in [0.717, 1.165) is 23.2 Å². The van der Waals surface area contributed by atoms with E-state index in [9.17, 15) is 4.79 Å². The van der Waals surface area contributed by atoms with E-state index in [1.54, 1.807) is 12.1 Å². The first kappa shape index (κ1) is 13.6. The van der Waals surface area contributed by atoms with Gasteiger partial charge in [-0.15, -0.1) is 0 Å². The minimum atomic E-state index is -0.940. The SMILES string of the molecule is O=C(O)c1cc(I)ccc1OCCN1CCCC1. The molecule has 1 aliphatic heterocycles. The van der Waals surface area contributed by atoms with Gasteiger partial charge in [0.25, 0.3) is 0 Å². The predicted molar refractivity (Wildman–Crippen MR) is 77.3 cm³/mol. The topological polar surface area (TPSA) is 49.8 Å². The van der Waals surface area contributed by atoms with Gasteiger partial charge in [0.15, 0.2) is 0 Å². The van der Waals surface area contributed by atoms with E-state index in [0.29, 0.717) is 12.4 Å². The summed E-state index contributed by atoms with van der Waals surface area (Å²) in [7, 11) is 0. The van der Waals surface area contributed by atoms with Crippen LogP contribution in [-0.2, 0) is 0 Å². The Kier molecular flexibility index (Phi) is 4.82. The van der Waals surface area contributed by atoms with Crippen molar-refractivity contribution in [3.8, 4) is 5.75 Å². The Hall–Kier alpha value is -0.820. The van der Waals surface area contributed by atoms with E-state index in [2.05, 4.69) is 27.5 Å². The van der Waals surface area contributed by atoms with Crippen LogP contribution in [0.5, 0.6) is 5.75 Å². The molecule has 0 unspecified atom stereocenters. The van der Waals surface area contributed by atoms with Crippen LogP contribution in [0.2, 0.25) is 0 Å². The molecule has 5 heteroatoms. The van der Waals surface area contributed by atoms with Crippen LogP contribution in [0.4, 0.5) is 0 Å². The number of carbonyl (C=O) groups is 1. The van der Waals surface area contributed by atoms with Crippen LogP contribution >= 0.6 is 22.6 Å². The molecule has 1 aliphatic rings. The van der Waals surface area contributed by atoms with Crippen molar-refractivity contribution in [3.63, 3.8) is 0 Å². The van der Waals surface area contributed by atoms with Gasteiger partial charge in [0, 0.05) is 10.1 Å². The maximum absolute atomic E-state index is 11.1. The van der Waals surface area contributed by atoms with E-state index in [4.69, 9.17) is 9.84 Å². The van der Waals surface area contributed by atoms with E-state index in [1.165, 1.54) is 12.8 Å². The van der Waals surface area contributed by atoms with Crippen LogP contribution in [0.25, 0.3) is 0 Å². The fourth-order valence-electron chi connectivity index (χ4n) is 2.09. The quantitative estimate of drug-likeness (QED) is 0.819. The molecule has 1 saturated heterocycles. The van der Waals surface area contributed by atoms with Gasteiger partial charge in [0.05, 0.1) is 0 Å². The number of likely N-dealkylation sites (tertiary alicyclic amines) is 1. The fraction of sp³-hybridized carbons (Fsp3) is 0.462. The molecule has 0 saturated carbocycles. The summed E-state index contributed by atoms with van der Waals surface area (Å²) in [5.74, 6) is -0.480. The average Bonchev–Trinajstić information content (AvgIpc) is 2.84. The molecule has 0 spiro atoms. The van der Waals surface area contributed by atoms with Crippen molar-refractivity contribution in [3.05, 3.63) is 27.3 Å². The summed E-state index contributed by atoms with van der Waals surface area (Å²) in [6.07, 6.45) is 2.51. The second-order valence-electron chi connectivity index (χ2n) is 4.34. The van der Waals surface area contributed by atoms with E-state index in [-0.39, 0.29) is 5.56 Å². The summed E-state index contributed by atoms with van der Waals surface area (Å²) in [5, 5.41) is 9.11. The highest BCUT2D eigenvalue weighted by molar-refractivity contribution is 14.1. The summed E-state index contributed by atoms with van der Waals surface area (Å²) < 4.78 is 6.49. The van der Waals surface area contributed by atoms with Crippen LogP contribution in [-0.4, -0.2) is 42.2 Å². The number of nitrogens with zero attached hydrogens (tertiary/aromatic N) is 1. The first-order chi connectivity index (χ1) is 8.66. The fourth-order valence-corrected chi connectivity index (χ4v) is 2.58. The summed E-state index contributed by atoms with van der Waals surface area (Å²) in [6, 6.07) is 5.22. The summed E-state index contributed by atoms with van der Waals surface area (Å²) >= 11 is 2.10. The number of halogens is 1. The van der Waals surface area contributed by atoms with E-state index in [1.807, 2.05) is 6.07 Å². The van der Waals surface area contributed by atoms with Crippen molar-refractivity contribution in [2.24, 2.45) is 0 Å². The zero-order valence-electron chi connectivity index (χ0n) is 10.1. The third kappa shape index (κ3) is 3.58. The number of carboxylic acid groups (broad SMARTS) is 1. The second-order valence-corrected chi connectivity index (χ2v) is 5.59. The Labute approximate surface area is 120 Å². The second kappa shape index (κ2) is 6.38. The number of benzene rings is 1. The lowest BCUT2D eigenvalue weighted by Gasteiger charge is -2.15. The Bertz CT molecular complexity index is 430. The molecule has 1 heterocycles. The van der Waals surface area contributed by atoms with Gasteiger partial charge in [0.2, 0.25) is 0 Å². The van der Waals surface area contributed by atoms with Gasteiger partial charge in [-0.3, -0.25) is 4.90 Å². The first-order valence-electron chi connectivity index (χ1n) is 6.05. The summed E-state index contributed by atoms with van der Waals surface area (Å²) in [6.45, 7) is 3.66. The number of rotatable bonds is 5. The Balaban J connectivity index is 1.93. The zero-order chi connectivity index (χ0) is 13.0. The molecule has 4 nitrogen and oxygen atoms in total. The Morgan fingerprint density at radius 3 is 2.78 bits per heavy atom. The first-order valence-corrected chi connectivity index (χ1v) is 7.12. The third-order valence-corrected chi connectivity index (χ3v) is 3.71. The van der Waals surface area contributed by atoms with Gasteiger partial charge < -0.3 is 9.84 Å². The van der Waals surface area contributed by atoms with Gasteiger partial charge in [-0.25, -0.2) is 4.79 Å². The molecule has 0 atom stereocenters. The lowest BCUT2D eigenvalue weighted by molar-refractivity contribution is 0.0691. The number of hydrogen-bond acceptors (Lipinski definition) is 3. The molecule has 0 aliphatic carbocycles. The van der Waals surface area contributed by atoms with Gasteiger partial charge in [0.1, 0.15) is 17.9 Å². The zero-order valence-corrected chi connectivity index (χ0v) is 12.2. The van der Waals surface area contributed by atoms with Crippen molar-refractivity contribution in [1.82, 2.24) is 4.90 Å². The number of aromatic carboxylic acids is 1. The minimum absolute atomic E-state index is 0.239. The maximum Gasteiger partial charge on any atom is 0.339 e. The molecule has 1 aromatic carbocycles. The van der Waals surface area contributed by atoms with E-state index >= 15 is 0 Å². The van der Waals surface area contributed by atoms with Crippen molar-refractivity contribution < 1.29 is 14.6 Å². The molecule has 1 aromatic rings. The summed E-state index contributed by atoms with van der Waals surface area (Å²) in [4.78, 5) is 13.4. The Morgan fingerprint density at radius 2 is 2.11 bits per heavy atom. The van der Waals surface area contributed by atoms with E-state index < -0.39 is 5.97 Å². The number of hydrogen-bond donors (Lipinski definition) is 1. The maximum atomic E-state index is 11.1. The molecule has 0 aromatic heterocycles. The monoisotopic (exact) mass is 361 g/mol. The molecule has 0 bridgehead atoms. The van der Waals surface area contributed by atoms with Crippen molar-refractivity contribution >= 4 is 28.6 Å². The highest BCUT2D eigenvalue weighted by Gasteiger charge is 2.14. The van der Waals surface area contributed by atoms with Crippen molar-refractivity contribution in [2.45, 2.75) is 12.8 Å². The van der Waals surface area contributed by atoms with Crippen LogP contribution < -0.4 is 4.74 Å². The molecule has 0 radical (unpaired) electrons. The molecule has 0 amide bonds. The average molecular weight is 361 g/mol. The third-order valence-electron chi connectivity index (χ3n) is 3.04. The lowest BCUT2D eigenvalue weighted by atomic mass is 10.2. The van der Waals surface area contributed by atoms with Crippen LogP contribution in [0.3, 0.4) is 0 Å². The van der Waals surface area contributed by atoms with Crippen LogP contribution in [0.1, 0.15) is 23.2 Å². The predicted octanol–water partition coefficient (Wildman–Crippen LogP) is 2.46. The molecule has 18 heavy (non-hydrogen) atoms. The molecule has 2 rings (SSSR count). The lowest BCUT2D eigenvalue weighted by Crippen LogP contribution is -2.25. The van der Waals surface area contributed by atoms with Gasteiger partial charge in [-0.2, -0.15) is 0 Å². The van der Waals surface area contributed by atoms with Gasteiger partial charge in [-0.1, -0.05) is 0 Å². The molecule has 1 fully saturated rings. The Morgan fingerprint density at radius 1 is 1.39 bits per heavy atom. The highest BCUT2D eigenvalue weighted by Crippen LogP contribution is 2.21. The standard InChI is InChI=1S/C13H16INO3/c14-10-3-4-12(11(9-10)13(16)17)18-8-7-15-5-1-2-6-15/h3-4,9H,1-2,5-8H2,(H,16,17). The van der Waals surface area contributed by atoms with Crippen LogP contribution in [0, 0.1) is 3.57 Å². The highest BCUT2D eigenvalue weighted by atomic mass is 127. The molecular weight excluding hydrogens is 345 g/mol. The molecule has 1 N–H and O–H groups in total. The van der Waals surface area contributed by atoms with Crippen molar-refractivity contribution in [2.75, 3.05) is 26.2 Å². The van der Waals surface area contributed by atoms with Crippen LogP contribution in [0.15, 0.2) is 18.2 Å². The minimum Gasteiger partial charge on any atom is -0.491 e. The number of ether oxygens (including phenoxy) is 1. The molecular formula is C13H16INO3. The number of carboxylic acids is 1. The van der Waals surface area contributed by atoms with Gasteiger partial charge >= 0.3 is 5.97 Å². The molecule has 98 valence electrons. The normalized spacial score (nSPS) is 15.8.